The van der Waals surface area contributed by atoms with E-state index in [0.717, 1.165) is 0 Å². The summed E-state index contributed by atoms with van der Waals surface area (Å²) in [6.07, 6.45) is 0. The van der Waals surface area contributed by atoms with Gasteiger partial charge in [0.1, 0.15) is 10.3 Å². The summed E-state index contributed by atoms with van der Waals surface area (Å²) in [7, 11) is 0. The van der Waals surface area contributed by atoms with Gasteiger partial charge in [0.15, 0.2) is 11.6 Å². The van der Waals surface area contributed by atoms with Gasteiger partial charge in [0.25, 0.3) is 0 Å². The maximum absolute atomic E-state index is 13.3. The Balaban J connectivity index is 2.55. The zero-order chi connectivity index (χ0) is 11.0. The molecule has 2 N–H and O–H groups in total. The van der Waals surface area contributed by atoms with Crippen molar-refractivity contribution in [3.63, 3.8) is 0 Å². The van der Waals surface area contributed by atoms with E-state index in [2.05, 4.69) is 21.1 Å². The summed E-state index contributed by atoms with van der Waals surface area (Å²) < 4.78 is 18.8. The van der Waals surface area contributed by atoms with Crippen LogP contribution in [-0.2, 0) is 0 Å². The van der Waals surface area contributed by atoms with Gasteiger partial charge < -0.3 is 10.3 Å². The first-order valence-corrected chi connectivity index (χ1v) is 5.06. The third-order valence-corrected chi connectivity index (χ3v) is 2.86. The van der Waals surface area contributed by atoms with Crippen LogP contribution in [0.1, 0.15) is 5.56 Å². The minimum atomic E-state index is -0.283. The van der Waals surface area contributed by atoms with Crippen LogP contribution in [0.3, 0.4) is 0 Å². The van der Waals surface area contributed by atoms with Crippen LogP contribution in [0.4, 0.5) is 10.2 Å². The van der Waals surface area contributed by atoms with Gasteiger partial charge in [-0.2, -0.15) is 0 Å². The number of aromatic nitrogens is 1. The van der Waals surface area contributed by atoms with Crippen LogP contribution >= 0.6 is 15.9 Å². The van der Waals surface area contributed by atoms with Gasteiger partial charge in [0.2, 0.25) is 0 Å². The molecule has 3 nitrogen and oxygen atoms in total. The average Bonchev–Trinajstić information content (AvgIpc) is 2.53. The Labute approximate surface area is 94.2 Å². The van der Waals surface area contributed by atoms with Crippen molar-refractivity contribution in [2.24, 2.45) is 0 Å². The van der Waals surface area contributed by atoms with E-state index in [4.69, 9.17) is 10.3 Å². The number of hydrogen-bond acceptors (Lipinski definition) is 3. The zero-order valence-corrected chi connectivity index (χ0v) is 9.51. The molecule has 15 heavy (non-hydrogen) atoms. The van der Waals surface area contributed by atoms with E-state index in [9.17, 15) is 4.39 Å². The predicted octanol–water partition coefficient (Wildman–Crippen LogP) is 3.13. The quantitative estimate of drug-likeness (QED) is 0.866. The van der Waals surface area contributed by atoms with E-state index in [1.165, 1.54) is 6.07 Å². The van der Waals surface area contributed by atoms with Crippen molar-refractivity contribution in [1.82, 2.24) is 5.16 Å². The van der Waals surface area contributed by atoms with Gasteiger partial charge in [-0.05, 0) is 34.5 Å². The van der Waals surface area contributed by atoms with E-state index in [0.29, 0.717) is 21.4 Å². The first kappa shape index (κ1) is 10.2. The summed E-state index contributed by atoms with van der Waals surface area (Å²) in [5.41, 5.74) is 6.69. The Morgan fingerprint density at radius 3 is 2.73 bits per heavy atom. The molecule has 0 saturated heterocycles. The lowest BCUT2D eigenvalue weighted by molar-refractivity contribution is 0.435. The van der Waals surface area contributed by atoms with Crippen molar-refractivity contribution in [1.29, 1.82) is 0 Å². The Morgan fingerprint density at radius 2 is 2.20 bits per heavy atom. The zero-order valence-electron chi connectivity index (χ0n) is 7.92. The number of aryl methyl sites for hydroxylation is 1. The van der Waals surface area contributed by atoms with E-state index in [1.54, 1.807) is 19.1 Å². The lowest BCUT2D eigenvalue weighted by atomic mass is 10.1. The molecule has 78 valence electrons. The van der Waals surface area contributed by atoms with Crippen LogP contribution < -0.4 is 5.73 Å². The van der Waals surface area contributed by atoms with Crippen LogP contribution in [0.2, 0.25) is 0 Å². The molecule has 0 saturated carbocycles. The van der Waals surface area contributed by atoms with Crippen LogP contribution in [0.15, 0.2) is 27.2 Å². The van der Waals surface area contributed by atoms with Crippen molar-refractivity contribution < 1.29 is 8.91 Å². The molecular formula is C10H8BrFN2O. The van der Waals surface area contributed by atoms with Crippen molar-refractivity contribution in [2.75, 3.05) is 5.73 Å². The number of benzene rings is 1. The minimum Gasteiger partial charge on any atom is -0.380 e. The topological polar surface area (TPSA) is 52.0 Å². The molecule has 5 heteroatoms. The molecule has 1 aromatic heterocycles. The van der Waals surface area contributed by atoms with E-state index >= 15 is 0 Å². The van der Waals surface area contributed by atoms with Gasteiger partial charge >= 0.3 is 0 Å². The lowest BCUT2D eigenvalue weighted by Gasteiger charge is -1.99. The number of nitrogen functional groups attached to an aromatic ring is 1. The molecule has 1 heterocycles. The summed E-state index contributed by atoms with van der Waals surface area (Å²) in [5, 5.41) is 3.58. The number of hydrogen-bond donors (Lipinski definition) is 1. The number of anilines is 1. The largest absolute Gasteiger partial charge is 0.380 e. The highest BCUT2D eigenvalue weighted by Gasteiger charge is 2.13. The monoisotopic (exact) mass is 270 g/mol. The highest BCUT2D eigenvalue weighted by atomic mass is 79.9. The van der Waals surface area contributed by atoms with Gasteiger partial charge in [-0.25, -0.2) is 4.39 Å². The molecule has 0 unspecified atom stereocenters. The van der Waals surface area contributed by atoms with Crippen molar-refractivity contribution >= 4 is 21.7 Å². The molecule has 0 fully saturated rings. The summed E-state index contributed by atoms with van der Waals surface area (Å²) in [6, 6.07) is 4.82. The van der Waals surface area contributed by atoms with E-state index < -0.39 is 0 Å². The molecule has 0 spiro atoms. The fourth-order valence-electron chi connectivity index (χ4n) is 1.20. The predicted molar refractivity (Wildman–Crippen MR) is 58.7 cm³/mol. The van der Waals surface area contributed by atoms with Gasteiger partial charge in [-0.15, -0.1) is 0 Å². The number of nitrogens with two attached hydrogens (primary N) is 1. The van der Waals surface area contributed by atoms with Crippen molar-refractivity contribution in [3.05, 3.63) is 34.1 Å². The number of halogens is 2. The normalized spacial score (nSPS) is 10.6. The molecule has 0 aliphatic rings. The van der Waals surface area contributed by atoms with Gasteiger partial charge in [0, 0.05) is 5.56 Å². The van der Waals surface area contributed by atoms with Crippen LogP contribution in [0.25, 0.3) is 11.3 Å². The van der Waals surface area contributed by atoms with E-state index in [-0.39, 0.29) is 11.6 Å². The third-order valence-electron chi connectivity index (χ3n) is 2.09. The van der Waals surface area contributed by atoms with Crippen molar-refractivity contribution in [3.8, 4) is 11.3 Å². The van der Waals surface area contributed by atoms with Gasteiger partial charge in [0.05, 0.1) is 0 Å². The smallest absolute Gasteiger partial charge is 0.183 e. The van der Waals surface area contributed by atoms with E-state index in [1.807, 2.05) is 0 Å². The van der Waals surface area contributed by atoms with Crippen LogP contribution in [0.5, 0.6) is 0 Å². The van der Waals surface area contributed by atoms with Crippen LogP contribution in [0, 0.1) is 12.7 Å². The maximum atomic E-state index is 13.3. The standard InChI is InChI=1S/C10H8BrFN2O/c1-5-2-3-6(4-7(5)12)9-8(11)10(13)14-15-9/h2-4H,1H3,(H2,13,14). The van der Waals surface area contributed by atoms with Crippen LogP contribution in [-0.4, -0.2) is 5.16 Å². The minimum absolute atomic E-state index is 0.256. The molecule has 1 aromatic carbocycles. The van der Waals surface area contributed by atoms with Gasteiger partial charge in [-0.3, -0.25) is 0 Å². The summed E-state index contributed by atoms with van der Waals surface area (Å²) in [4.78, 5) is 0. The summed E-state index contributed by atoms with van der Waals surface area (Å²) in [5.74, 6) is 0.409. The molecule has 0 radical (unpaired) electrons. The Bertz CT molecular complexity index is 510. The number of rotatable bonds is 1. The molecule has 2 rings (SSSR count). The summed E-state index contributed by atoms with van der Waals surface area (Å²) in [6.45, 7) is 1.70. The maximum Gasteiger partial charge on any atom is 0.183 e. The molecular weight excluding hydrogens is 263 g/mol. The molecule has 0 atom stereocenters. The third kappa shape index (κ3) is 1.74. The molecule has 0 bridgehead atoms. The molecule has 0 amide bonds. The lowest BCUT2D eigenvalue weighted by Crippen LogP contribution is -1.85. The fourth-order valence-corrected chi connectivity index (χ4v) is 1.58. The highest BCUT2D eigenvalue weighted by Crippen LogP contribution is 2.32. The van der Waals surface area contributed by atoms with Crippen molar-refractivity contribution in [2.45, 2.75) is 6.92 Å². The SMILES string of the molecule is Cc1ccc(-c2onc(N)c2Br)cc1F. The Morgan fingerprint density at radius 1 is 1.47 bits per heavy atom. The number of nitrogens with zero attached hydrogens (tertiary/aromatic N) is 1. The first-order valence-electron chi connectivity index (χ1n) is 4.26. The molecule has 2 aromatic rings. The second-order valence-corrected chi connectivity index (χ2v) is 3.97. The molecule has 0 aliphatic carbocycles. The average molecular weight is 271 g/mol. The molecule has 0 aliphatic heterocycles. The first-order chi connectivity index (χ1) is 7.09. The second kappa shape index (κ2) is 3.66. The fraction of sp³-hybridized carbons (Fsp3) is 0.100. The second-order valence-electron chi connectivity index (χ2n) is 3.17. The highest BCUT2D eigenvalue weighted by molar-refractivity contribution is 9.10. The van der Waals surface area contributed by atoms with Gasteiger partial charge in [-0.1, -0.05) is 17.3 Å². The summed E-state index contributed by atoms with van der Waals surface area (Å²) >= 11 is 3.23. The Kier molecular flexibility index (Phi) is 2.48. The Hall–Kier alpha value is -1.36.